The predicted molar refractivity (Wildman–Crippen MR) is 48.9 cm³/mol. The van der Waals surface area contributed by atoms with Crippen molar-refractivity contribution in [3.05, 3.63) is 22.5 Å². The summed E-state index contributed by atoms with van der Waals surface area (Å²) in [5, 5.41) is 5.83. The molecule has 0 N–H and O–H groups in total. The van der Waals surface area contributed by atoms with E-state index in [0.717, 1.165) is 0 Å². The van der Waals surface area contributed by atoms with Gasteiger partial charge in [-0.3, -0.25) is 0 Å². The normalized spacial score (nSPS) is 16.2. The van der Waals surface area contributed by atoms with Gasteiger partial charge in [0, 0.05) is 0 Å². The topological polar surface area (TPSA) is 58.9 Å². The molecule has 4 nitrogen and oxygen atoms in total. The minimum absolute atomic E-state index is 0.356. The Kier molecular flexibility index (Phi) is 3.24. The van der Waals surface area contributed by atoms with Crippen molar-refractivity contribution < 1.29 is 0 Å². The van der Waals surface area contributed by atoms with Gasteiger partial charge in [-0.05, 0) is 27.2 Å². The lowest BCUT2D eigenvalue weighted by Crippen LogP contribution is -2.43. The van der Waals surface area contributed by atoms with Crippen molar-refractivity contribution in [2.75, 3.05) is 0 Å². The highest BCUT2D eigenvalue weighted by Gasteiger charge is 2.43. The molecule has 0 aliphatic rings. The average molecular weight is 170 g/mol. The SMILES string of the molecule is C=CCC(C)(N=O)C(C)(C)N=O. The molecule has 68 valence electrons. The second-order valence-corrected chi connectivity index (χ2v) is 3.51. The standard InChI is InChI=1S/C8H14N2O2/c1-5-6-8(4,10-12)7(2,3)9-11/h5H,1,6H2,2-4H3. The Morgan fingerprint density at radius 2 is 1.75 bits per heavy atom. The van der Waals surface area contributed by atoms with Crippen LogP contribution in [0, 0.1) is 9.81 Å². The van der Waals surface area contributed by atoms with E-state index in [2.05, 4.69) is 16.9 Å². The van der Waals surface area contributed by atoms with Gasteiger partial charge < -0.3 is 0 Å². The number of rotatable bonds is 5. The van der Waals surface area contributed by atoms with Crippen LogP contribution in [0.15, 0.2) is 23.0 Å². The molecule has 0 aromatic heterocycles. The van der Waals surface area contributed by atoms with Crippen molar-refractivity contribution in [1.29, 1.82) is 0 Å². The molecule has 0 aromatic carbocycles. The van der Waals surface area contributed by atoms with Gasteiger partial charge in [0.25, 0.3) is 0 Å². The first-order chi connectivity index (χ1) is 5.43. The third kappa shape index (κ3) is 1.75. The van der Waals surface area contributed by atoms with Crippen molar-refractivity contribution in [3.8, 4) is 0 Å². The Morgan fingerprint density at radius 3 is 2.00 bits per heavy atom. The van der Waals surface area contributed by atoms with Crippen LogP contribution in [0.3, 0.4) is 0 Å². The van der Waals surface area contributed by atoms with Crippen LogP contribution in [0.4, 0.5) is 0 Å². The van der Waals surface area contributed by atoms with Crippen molar-refractivity contribution in [2.45, 2.75) is 38.3 Å². The molecular formula is C8H14N2O2. The molecule has 4 heteroatoms. The number of hydrogen-bond donors (Lipinski definition) is 0. The maximum absolute atomic E-state index is 10.5. The lowest BCUT2D eigenvalue weighted by Gasteiger charge is -2.31. The maximum Gasteiger partial charge on any atom is 0.131 e. The first-order valence-electron chi connectivity index (χ1n) is 3.73. The molecule has 1 unspecified atom stereocenters. The number of nitrogens with zero attached hydrogens (tertiary/aromatic N) is 2. The summed E-state index contributed by atoms with van der Waals surface area (Å²) in [4.78, 5) is 20.9. The van der Waals surface area contributed by atoms with E-state index in [4.69, 9.17) is 0 Å². The molecule has 0 aliphatic carbocycles. The van der Waals surface area contributed by atoms with Gasteiger partial charge in [0.05, 0.1) is 0 Å². The molecule has 1 atom stereocenters. The molecule has 0 saturated heterocycles. The number of nitroso groups, excluding NO2 is 2. The predicted octanol–water partition coefficient (Wildman–Crippen LogP) is 2.63. The molecule has 12 heavy (non-hydrogen) atoms. The van der Waals surface area contributed by atoms with Gasteiger partial charge >= 0.3 is 0 Å². The summed E-state index contributed by atoms with van der Waals surface area (Å²) >= 11 is 0. The monoisotopic (exact) mass is 170 g/mol. The zero-order valence-corrected chi connectivity index (χ0v) is 7.70. The van der Waals surface area contributed by atoms with Crippen LogP contribution in [0.5, 0.6) is 0 Å². The highest BCUT2D eigenvalue weighted by molar-refractivity contribution is 5.05. The largest absolute Gasteiger partial charge is 0.150 e. The zero-order valence-electron chi connectivity index (χ0n) is 7.70. The van der Waals surface area contributed by atoms with Crippen LogP contribution >= 0.6 is 0 Å². The smallest absolute Gasteiger partial charge is 0.131 e. The Balaban J connectivity index is 4.83. The second-order valence-electron chi connectivity index (χ2n) is 3.51. The van der Waals surface area contributed by atoms with Crippen LogP contribution in [0.25, 0.3) is 0 Å². The van der Waals surface area contributed by atoms with Gasteiger partial charge in [-0.25, -0.2) is 0 Å². The van der Waals surface area contributed by atoms with Crippen LogP contribution in [0.1, 0.15) is 27.2 Å². The van der Waals surface area contributed by atoms with Gasteiger partial charge in [0.1, 0.15) is 11.1 Å². The number of hydrogen-bond acceptors (Lipinski definition) is 4. The van der Waals surface area contributed by atoms with Crippen molar-refractivity contribution in [1.82, 2.24) is 0 Å². The molecule has 0 aromatic rings. The molecular weight excluding hydrogens is 156 g/mol. The summed E-state index contributed by atoms with van der Waals surface area (Å²) in [6.07, 6.45) is 1.92. The third-order valence-electron chi connectivity index (χ3n) is 2.29. The zero-order chi connectivity index (χ0) is 9.83. The fraction of sp³-hybridized carbons (Fsp3) is 0.750. The van der Waals surface area contributed by atoms with Crippen molar-refractivity contribution >= 4 is 0 Å². The highest BCUT2D eigenvalue weighted by Crippen LogP contribution is 2.32. The van der Waals surface area contributed by atoms with E-state index in [9.17, 15) is 9.81 Å². The molecule has 0 fully saturated rings. The van der Waals surface area contributed by atoms with E-state index >= 15 is 0 Å². The average Bonchev–Trinajstić information content (AvgIpc) is 2.04. The van der Waals surface area contributed by atoms with Crippen molar-refractivity contribution in [3.63, 3.8) is 0 Å². The Hall–Kier alpha value is -1.06. The minimum atomic E-state index is -0.990. The summed E-state index contributed by atoms with van der Waals surface area (Å²) < 4.78 is 0. The lowest BCUT2D eigenvalue weighted by atomic mass is 9.80. The van der Waals surface area contributed by atoms with Crippen LogP contribution < -0.4 is 0 Å². The van der Waals surface area contributed by atoms with Crippen LogP contribution in [-0.2, 0) is 0 Å². The summed E-state index contributed by atoms with van der Waals surface area (Å²) in [6.45, 7) is 8.28. The molecule has 0 heterocycles. The van der Waals surface area contributed by atoms with Crippen LogP contribution in [0.2, 0.25) is 0 Å². The third-order valence-corrected chi connectivity index (χ3v) is 2.29. The quantitative estimate of drug-likeness (QED) is 0.470. The fourth-order valence-corrected chi connectivity index (χ4v) is 0.778. The Morgan fingerprint density at radius 1 is 1.25 bits per heavy atom. The Labute approximate surface area is 72.0 Å². The first kappa shape index (κ1) is 10.9. The summed E-state index contributed by atoms with van der Waals surface area (Å²) in [5.74, 6) is 0. The van der Waals surface area contributed by atoms with E-state index in [1.54, 1.807) is 26.8 Å². The molecule has 0 radical (unpaired) electrons. The summed E-state index contributed by atoms with van der Waals surface area (Å²) in [7, 11) is 0. The van der Waals surface area contributed by atoms with E-state index in [1.165, 1.54) is 0 Å². The molecule has 0 amide bonds. The maximum atomic E-state index is 10.5. The van der Waals surface area contributed by atoms with E-state index in [-0.39, 0.29) is 0 Å². The van der Waals surface area contributed by atoms with E-state index in [1.807, 2.05) is 0 Å². The molecule has 0 rings (SSSR count). The van der Waals surface area contributed by atoms with Gasteiger partial charge in [-0.2, -0.15) is 9.81 Å². The van der Waals surface area contributed by atoms with Crippen molar-refractivity contribution in [2.24, 2.45) is 10.4 Å². The minimum Gasteiger partial charge on any atom is -0.150 e. The second kappa shape index (κ2) is 3.56. The summed E-state index contributed by atoms with van der Waals surface area (Å²) in [5.41, 5.74) is -1.97. The molecule has 0 bridgehead atoms. The molecule has 0 spiro atoms. The lowest BCUT2D eigenvalue weighted by molar-refractivity contribution is 0.286. The van der Waals surface area contributed by atoms with Gasteiger partial charge in [-0.1, -0.05) is 16.4 Å². The van der Waals surface area contributed by atoms with Crippen LogP contribution in [-0.4, -0.2) is 11.1 Å². The fourth-order valence-electron chi connectivity index (χ4n) is 0.778. The first-order valence-corrected chi connectivity index (χ1v) is 3.73. The van der Waals surface area contributed by atoms with Gasteiger partial charge in [0.2, 0.25) is 0 Å². The van der Waals surface area contributed by atoms with Gasteiger partial charge in [-0.15, -0.1) is 6.58 Å². The Bertz CT molecular complexity index is 201. The van der Waals surface area contributed by atoms with Gasteiger partial charge in [0.15, 0.2) is 0 Å². The van der Waals surface area contributed by atoms with E-state index in [0.29, 0.717) is 6.42 Å². The van der Waals surface area contributed by atoms with E-state index < -0.39 is 11.1 Å². The highest BCUT2D eigenvalue weighted by atomic mass is 16.3. The summed E-state index contributed by atoms with van der Waals surface area (Å²) in [6, 6.07) is 0. The molecule has 0 saturated carbocycles. The molecule has 0 aliphatic heterocycles.